The third-order valence-corrected chi connectivity index (χ3v) is 47.2. The van der Waals surface area contributed by atoms with Gasteiger partial charge in [0.1, 0.15) is 0 Å². The van der Waals surface area contributed by atoms with Gasteiger partial charge in [-0.25, -0.2) is 0 Å². The zero-order chi connectivity index (χ0) is 54.7. The summed E-state index contributed by atoms with van der Waals surface area (Å²) in [5.74, 6) is -0.0326. The molecular formula is C68H126O5Sn2. The normalized spacial score (nSPS) is 12.7. The number of rotatable bonds is 58. The predicted molar refractivity (Wildman–Crippen MR) is 336 cm³/mol. The summed E-state index contributed by atoms with van der Waals surface area (Å²) in [5, 5.41) is 0. The summed E-state index contributed by atoms with van der Waals surface area (Å²) in [5.41, 5.74) is 0. The van der Waals surface area contributed by atoms with Gasteiger partial charge in [0.2, 0.25) is 0 Å². The Bertz CT molecular complexity index is 1280. The van der Waals surface area contributed by atoms with E-state index in [0.29, 0.717) is 12.8 Å². The predicted octanol–water partition coefficient (Wildman–Crippen LogP) is 23.6. The van der Waals surface area contributed by atoms with Gasteiger partial charge in [0.05, 0.1) is 0 Å². The summed E-state index contributed by atoms with van der Waals surface area (Å²) in [4.78, 5) is 28.8. The number of hydrogen-bond donors (Lipinski definition) is 0. The molecule has 0 N–H and O–H groups in total. The van der Waals surface area contributed by atoms with Crippen molar-refractivity contribution in [3.63, 3.8) is 0 Å². The van der Waals surface area contributed by atoms with E-state index in [1.165, 1.54) is 154 Å². The average molecular weight is 1260 g/mol. The van der Waals surface area contributed by atoms with E-state index in [9.17, 15) is 9.59 Å². The number of unbranched alkanes of at least 4 members (excludes halogenated alkanes) is 30. The van der Waals surface area contributed by atoms with E-state index < -0.39 is 38.4 Å². The number of carbonyl (C=O) groups excluding carboxylic acids is 2. The fourth-order valence-corrected chi connectivity index (χ4v) is 50.3. The molecule has 0 aromatic heterocycles. The first kappa shape index (κ1) is 73.9. The van der Waals surface area contributed by atoms with Crippen molar-refractivity contribution in [2.45, 2.75) is 342 Å². The zero-order valence-corrected chi connectivity index (χ0v) is 56.6. The van der Waals surface area contributed by atoms with Gasteiger partial charge in [0.15, 0.2) is 0 Å². The Hall–Kier alpha value is -1.06. The molecule has 0 aromatic carbocycles. The molecule has 0 aliphatic rings. The van der Waals surface area contributed by atoms with E-state index in [2.05, 4.69) is 114 Å². The molecule has 0 aromatic rings. The van der Waals surface area contributed by atoms with E-state index in [0.717, 1.165) is 133 Å². The minimum atomic E-state index is -4.17. The van der Waals surface area contributed by atoms with Crippen LogP contribution in [-0.4, -0.2) is 50.3 Å². The van der Waals surface area contributed by atoms with Crippen molar-refractivity contribution in [2.75, 3.05) is 0 Å². The Kier molecular flexibility index (Phi) is 58.2. The molecule has 0 amide bonds. The summed E-state index contributed by atoms with van der Waals surface area (Å²) < 4.78 is 26.0. The van der Waals surface area contributed by atoms with Gasteiger partial charge in [-0.15, -0.1) is 0 Å². The maximum atomic E-state index is 14.4. The van der Waals surface area contributed by atoms with Gasteiger partial charge in [0.25, 0.3) is 0 Å². The van der Waals surface area contributed by atoms with Crippen LogP contribution in [0, 0.1) is 0 Å². The average Bonchev–Trinajstić information content (AvgIpc) is 3.40. The van der Waals surface area contributed by atoms with Crippen molar-refractivity contribution in [3.05, 3.63) is 72.9 Å². The molecule has 0 unspecified atom stereocenters. The Morgan fingerprint density at radius 3 is 0.813 bits per heavy atom. The molecule has 0 bridgehead atoms. The third-order valence-electron chi connectivity index (χ3n) is 14.7. The Morgan fingerprint density at radius 2 is 0.520 bits per heavy atom. The second-order valence-electron chi connectivity index (χ2n) is 22.1. The molecule has 0 saturated carbocycles. The molecule has 75 heavy (non-hydrogen) atoms. The molecule has 0 rings (SSSR count). The second kappa shape index (κ2) is 59.1. The van der Waals surface area contributed by atoms with Crippen molar-refractivity contribution in [1.82, 2.24) is 0 Å². The van der Waals surface area contributed by atoms with E-state index in [1.54, 1.807) is 0 Å². The van der Waals surface area contributed by atoms with Crippen molar-refractivity contribution in [2.24, 2.45) is 0 Å². The van der Waals surface area contributed by atoms with Gasteiger partial charge in [-0.3, -0.25) is 0 Å². The minimum absolute atomic E-state index is 0.0163. The summed E-state index contributed by atoms with van der Waals surface area (Å²) in [7, 11) is 0. The van der Waals surface area contributed by atoms with Crippen LogP contribution in [0.5, 0.6) is 0 Å². The molecule has 0 atom stereocenters. The van der Waals surface area contributed by atoms with E-state index in [4.69, 9.17) is 7.56 Å². The molecule has 0 aliphatic heterocycles. The van der Waals surface area contributed by atoms with Gasteiger partial charge in [0, 0.05) is 0 Å². The first-order valence-electron chi connectivity index (χ1n) is 32.9. The van der Waals surface area contributed by atoms with Crippen LogP contribution in [-0.2, 0) is 17.1 Å². The van der Waals surface area contributed by atoms with E-state index in [1.807, 2.05) is 0 Å². The first-order valence-corrected chi connectivity index (χ1v) is 45.6. The first-order chi connectivity index (χ1) is 36.9. The Labute approximate surface area is 478 Å². The monoisotopic (exact) mass is 1260 g/mol. The maximum absolute atomic E-state index is 14.4. The number of allylic oxidation sites excluding steroid dienone is 12. The van der Waals surface area contributed by atoms with Gasteiger partial charge in [-0.05, 0) is 25.7 Å². The van der Waals surface area contributed by atoms with Gasteiger partial charge in [-0.2, -0.15) is 0 Å². The smallest absolute Gasteiger partial charge is 0.0885 e. The SMILES string of the molecule is CC/C=C\C/C=C\C/C=C\CCCCCCCC(=O)[O][Sn]([CH2]CCCCCCC)([CH2]CCCCCCC)[O][Sn]([CH2]CCCCCCC)([CH2]CCCCCCC)[O]C(=O)CCCCCCC/C=C\C/C=C\C/C=C\CC. The molecule has 0 fully saturated rings. The molecule has 0 heterocycles. The van der Waals surface area contributed by atoms with Crippen molar-refractivity contribution in [3.8, 4) is 0 Å². The fourth-order valence-electron chi connectivity index (χ4n) is 10.0. The molecule has 436 valence electrons. The molecule has 0 radical (unpaired) electrons. The summed E-state index contributed by atoms with van der Waals surface area (Å²) in [6.45, 7) is 13.5. The second-order valence-corrected chi connectivity index (χ2v) is 43.9. The van der Waals surface area contributed by atoms with Crippen molar-refractivity contribution in [1.29, 1.82) is 0 Å². The third kappa shape index (κ3) is 50.9. The van der Waals surface area contributed by atoms with Crippen LogP contribution in [0.2, 0.25) is 17.7 Å². The van der Waals surface area contributed by atoms with Gasteiger partial charge in [-0.1, -0.05) is 62.5 Å². The van der Waals surface area contributed by atoms with Crippen LogP contribution in [0.1, 0.15) is 324 Å². The topological polar surface area (TPSA) is 61.8 Å². The van der Waals surface area contributed by atoms with Crippen LogP contribution < -0.4 is 0 Å². The molecule has 7 heteroatoms. The van der Waals surface area contributed by atoms with Crippen LogP contribution in [0.4, 0.5) is 0 Å². The fraction of sp³-hybridized carbons (Fsp3) is 0.794. The number of hydrogen-bond acceptors (Lipinski definition) is 5. The number of carbonyl (C=O) groups is 2. The van der Waals surface area contributed by atoms with Crippen LogP contribution in [0.25, 0.3) is 0 Å². The Balaban J connectivity index is 6.37. The molecular weight excluding hydrogens is 1130 g/mol. The van der Waals surface area contributed by atoms with E-state index >= 15 is 0 Å². The molecule has 0 saturated heterocycles. The van der Waals surface area contributed by atoms with Crippen LogP contribution >= 0.6 is 0 Å². The zero-order valence-electron chi connectivity index (χ0n) is 50.9. The van der Waals surface area contributed by atoms with Crippen molar-refractivity contribution < 1.29 is 17.1 Å². The minimum Gasteiger partial charge on any atom is -0.0885 e. The van der Waals surface area contributed by atoms with Crippen LogP contribution in [0.3, 0.4) is 0 Å². The summed E-state index contributed by atoms with van der Waals surface area (Å²) in [6.07, 6.45) is 76.8. The Morgan fingerprint density at radius 1 is 0.280 bits per heavy atom. The molecule has 0 spiro atoms. The standard InChI is InChI=1S/2C18H30O2.4C8H17.O.2Sn/c2*1-2-3-4-5-6-7-8-9-10-11-12-13-14-15-16-17-18(19)20;4*1-3-5-7-8-6-4-2;;;/h2*3-4,6-7,9-10H,2,5,8,11-17H2,1H3,(H,19,20);4*1,3-8H2,2H3;;;/q;;;;;;;2*+1/p-2/b2*4-3-,7-6-,10-9-;;;;;;;. The molecule has 5 nitrogen and oxygen atoms in total. The quantitative estimate of drug-likeness (QED) is 0.0345. The van der Waals surface area contributed by atoms with Crippen LogP contribution in [0.15, 0.2) is 72.9 Å². The van der Waals surface area contributed by atoms with E-state index in [-0.39, 0.29) is 11.9 Å². The van der Waals surface area contributed by atoms with Crippen molar-refractivity contribution >= 4 is 50.3 Å². The molecule has 0 aliphatic carbocycles. The summed E-state index contributed by atoms with van der Waals surface area (Å²) in [6, 6.07) is 0. The van der Waals surface area contributed by atoms with Gasteiger partial charge >= 0.3 is 394 Å². The van der Waals surface area contributed by atoms with Gasteiger partial charge < -0.3 is 0 Å². The summed E-state index contributed by atoms with van der Waals surface area (Å²) >= 11 is -8.35.